The molecular weight excluding hydrogens is 314 g/mol. The predicted molar refractivity (Wildman–Crippen MR) is 88.1 cm³/mol. The van der Waals surface area contributed by atoms with Crippen molar-refractivity contribution in [1.82, 2.24) is 4.31 Å². The van der Waals surface area contributed by atoms with Crippen LogP contribution in [0.2, 0.25) is 0 Å². The number of hydrogen-bond acceptors (Lipinski definition) is 4. The summed E-state index contributed by atoms with van der Waals surface area (Å²) in [6.45, 7) is 3.89. The van der Waals surface area contributed by atoms with E-state index in [9.17, 15) is 8.42 Å². The van der Waals surface area contributed by atoms with Crippen LogP contribution in [0.15, 0.2) is 29.2 Å². The van der Waals surface area contributed by atoms with E-state index in [0.717, 1.165) is 25.7 Å². The molecule has 2 aliphatic heterocycles. The van der Waals surface area contributed by atoms with Crippen LogP contribution in [0.4, 0.5) is 0 Å². The summed E-state index contributed by atoms with van der Waals surface area (Å²) in [4.78, 5) is 0.348. The van der Waals surface area contributed by atoms with Gasteiger partial charge in [0.15, 0.2) is 0 Å². The molecule has 2 saturated heterocycles. The summed E-state index contributed by atoms with van der Waals surface area (Å²) < 4.78 is 38.8. The Bertz CT molecular complexity index is 627. The molecule has 2 bridgehead atoms. The van der Waals surface area contributed by atoms with Crippen LogP contribution in [0.5, 0.6) is 5.75 Å². The molecule has 2 unspecified atom stereocenters. The third-order valence-corrected chi connectivity index (χ3v) is 6.75. The van der Waals surface area contributed by atoms with E-state index in [4.69, 9.17) is 9.47 Å². The third-order valence-electron chi connectivity index (χ3n) is 4.73. The number of hydrogen-bond donors (Lipinski definition) is 0. The zero-order chi connectivity index (χ0) is 16.6. The van der Waals surface area contributed by atoms with Crippen LogP contribution in [-0.2, 0) is 14.8 Å². The minimum atomic E-state index is -3.45. The Morgan fingerprint density at radius 2 is 1.65 bits per heavy atom. The summed E-state index contributed by atoms with van der Waals surface area (Å²) in [7, 11) is -1.74. The molecule has 23 heavy (non-hydrogen) atoms. The fraction of sp³-hybridized carbons (Fsp3) is 0.647. The van der Waals surface area contributed by atoms with Gasteiger partial charge in [0, 0.05) is 19.2 Å². The maximum Gasteiger partial charge on any atom is 0.243 e. The van der Waals surface area contributed by atoms with Crippen LogP contribution in [0.25, 0.3) is 0 Å². The lowest BCUT2D eigenvalue weighted by Gasteiger charge is -2.37. The van der Waals surface area contributed by atoms with Gasteiger partial charge in [-0.25, -0.2) is 8.42 Å². The monoisotopic (exact) mass is 339 g/mol. The van der Waals surface area contributed by atoms with E-state index in [1.165, 1.54) is 0 Å². The van der Waals surface area contributed by atoms with E-state index in [-0.39, 0.29) is 24.3 Å². The molecule has 5 nitrogen and oxygen atoms in total. The molecule has 0 radical (unpaired) electrons. The van der Waals surface area contributed by atoms with E-state index >= 15 is 0 Å². The Kier molecular flexibility index (Phi) is 4.67. The van der Waals surface area contributed by atoms with Gasteiger partial charge in [-0.05, 0) is 63.8 Å². The first kappa shape index (κ1) is 16.7. The first-order valence-electron chi connectivity index (χ1n) is 8.25. The topological polar surface area (TPSA) is 55.8 Å². The lowest BCUT2D eigenvalue weighted by molar-refractivity contribution is 0.0349. The molecule has 6 heteroatoms. The molecular formula is C17H25NO4S. The SMILES string of the molecule is COC1CC2CCC(C1)N2S(=O)(=O)c1ccc(OC(C)C)cc1. The van der Waals surface area contributed by atoms with Crippen molar-refractivity contribution in [3.8, 4) is 5.75 Å². The first-order valence-corrected chi connectivity index (χ1v) is 9.69. The normalized spacial score (nSPS) is 28.3. The molecule has 0 saturated carbocycles. The van der Waals surface area contributed by atoms with Crippen molar-refractivity contribution >= 4 is 10.0 Å². The summed E-state index contributed by atoms with van der Waals surface area (Å²) in [6, 6.07) is 6.89. The highest BCUT2D eigenvalue weighted by Gasteiger charge is 2.47. The molecule has 0 spiro atoms. The van der Waals surface area contributed by atoms with Crippen LogP contribution in [-0.4, -0.2) is 44.1 Å². The van der Waals surface area contributed by atoms with Crippen LogP contribution in [0.1, 0.15) is 39.5 Å². The molecule has 1 aromatic carbocycles. The highest BCUT2D eigenvalue weighted by atomic mass is 32.2. The number of sulfonamides is 1. The first-order chi connectivity index (χ1) is 10.9. The number of piperidine rings is 1. The fourth-order valence-electron chi connectivity index (χ4n) is 3.75. The number of methoxy groups -OCH3 is 1. The van der Waals surface area contributed by atoms with E-state index < -0.39 is 10.0 Å². The van der Waals surface area contributed by atoms with Crippen molar-refractivity contribution in [3.63, 3.8) is 0 Å². The number of benzene rings is 1. The molecule has 0 aliphatic carbocycles. The van der Waals surface area contributed by atoms with Crippen molar-refractivity contribution in [1.29, 1.82) is 0 Å². The number of rotatable bonds is 5. The molecule has 2 fully saturated rings. The zero-order valence-corrected chi connectivity index (χ0v) is 14.8. The van der Waals surface area contributed by atoms with Gasteiger partial charge < -0.3 is 9.47 Å². The van der Waals surface area contributed by atoms with Crippen LogP contribution >= 0.6 is 0 Å². The number of ether oxygens (including phenoxy) is 2. The quantitative estimate of drug-likeness (QED) is 0.828. The maximum absolute atomic E-state index is 13.0. The molecule has 1 aromatic rings. The van der Waals surface area contributed by atoms with Gasteiger partial charge in [-0.3, -0.25) is 0 Å². The van der Waals surface area contributed by atoms with Gasteiger partial charge in [-0.1, -0.05) is 0 Å². The average molecular weight is 339 g/mol. The van der Waals surface area contributed by atoms with Crippen LogP contribution < -0.4 is 4.74 Å². The second-order valence-corrected chi connectivity index (χ2v) is 8.53. The van der Waals surface area contributed by atoms with Gasteiger partial charge in [0.25, 0.3) is 0 Å². The summed E-state index contributed by atoms with van der Waals surface area (Å²) >= 11 is 0. The number of nitrogens with zero attached hydrogens (tertiary/aromatic N) is 1. The van der Waals surface area contributed by atoms with Crippen molar-refractivity contribution < 1.29 is 17.9 Å². The highest BCUT2D eigenvalue weighted by Crippen LogP contribution is 2.40. The molecule has 0 aromatic heterocycles. The molecule has 0 amide bonds. The Morgan fingerprint density at radius 3 is 2.13 bits per heavy atom. The average Bonchev–Trinajstić information content (AvgIpc) is 2.79. The van der Waals surface area contributed by atoms with Crippen molar-refractivity contribution in [2.45, 2.75) is 68.7 Å². The lowest BCUT2D eigenvalue weighted by Crippen LogP contribution is -2.48. The van der Waals surface area contributed by atoms with Gasteiger partial charge in [0.2, 0.25) is 10.0 Å². The maximum atomic E-state index is 13.0. The lowest BCUT2D eigenvalue weighted by atomic mass is 10.0. The second-order valence-electron chi connectivity index (χ2n) is 6.69. The Hall–Kier alpha value is -1.11. The zero-order valence-electron chi connectivity index (χ0n) is 13.9. The van der Waals surface area contributed by atoms with Crippen molar-refractivity contribution in [3.05, 3.63) is 24.3 Å². The van der Waals surface area contributed by atoms with Gasteiger partial charge >= 0.3 is 0 Å². The molecule has 3 rings (SSSR count). The van der Waals surface area contributed by atoms with Crippen LogP contribution in [0.3, 0.4) is 0 Å². The third kappa shape index (κ3) is 3.25. The van der Waals surface area contributed by atoms with E-state index in [1.54, 1.807) is 35.7 Å². The minimum Gasteiger partial charge on any atom is -0.491 e. The highest BCUT2D eigenvalue weighted by molar-refractivity contribution is 7.89. The summed E-state index contributed by atoms with van der Waals surface area (Å²) in [6.07, 6.45) is 3.69. The summed E-state index contributed by atoms with van der Waals surface area (Å²) in [5, 5.41) is 0. The molecule has 128 valence electrons. The molecule has 2 aliphatic rings. The van der Waals surface area contributed by atoms with E-state index in [0.29, 0.717) is 10.6 Å². The van der Waals surface area contributed by atoms with Gasteiger partial charge in [-0.2, -0.15) is 4.31 Å². The van der Waals surface area contributed by atoms with Gasteiger partial charge in [0.05, 0.1) is 17.1 Å². The number of fused-ring (bicyclic) bond motifs is 2. The molecule has 2 heterocycles. The van der Waals surface area contributed by atoms with Gasteiger partial charge in [0.1, 0.15) is 5.75 Å². The van der Waals surface area contributed by atoms with Crippen molar-refractivity contribution in [2.75, 3.05) is 7.11 Å². The fourth-order valence-corrected chi connectivity index (χ4v) is 5.64. The smallest absolute Gasteiger partial charge is 0.243 e. The minimum absolute atomic E-state index is 0.0651. The molecule has 0 N–H and O–H groups in total. The Labute approximate surface area is 138 Å². The molecule has 2 atom stereocenters. The Balaban J connectivity index is 1.82. The summed E-state index contributed by atoms with van der Waals surface area (Å²) in [5.41, 5.74) is 0. The van der Waals surface area contributed by atoms with Gasteiger partial charge in [-0.15, -0.1) is 0 Å². The van der Waals surface area contributed by atoms with E-state index in [2.05, 4.69) is 0 Å². The van der Waals surface area contributed by atoms with Crippen molar-refractivity contribution in [2.24, 2.45) is 0 Å². The largest absolute Gasteiger partial charge is 0.491 e. The van der Waals surface area contributed by atoms with Crippen LogP contribution in [0, 0.1) is 0 Å². The van der Waals surface area contributed by atoms with E-state index in [1.807, 2.05) is 13.8 Å². The predicted octanol–water partition coefficient (Wildman–Crippen LogP) is 2.80. The Morgan fingerprint density at radius 1 is 1.09 bits per heavy atom. The summed E-state index contributed by atoms with van der Waals surface area (Å²) in [5.74, 6) is 0.694. The standard InChI is InChI=1S/C17H25NO4S/c1-12(2)22-15-6-8-17(9-7-15)23(19,20)18-13-4-5-14(18)11-16(10-13)21-3/h6-9,12-14,16H,4-5,10-11H2,1-3H3. The second kappa shape index (κ2) is 6.42.